The fourth-order valence-electron chi connectivity index (χ4n) is 2.33. The Hall–Kier alpha value is -1.06. The molecule has 1 heterocycles. The van der Waals surface area contributed by atoms with Gasteiger partial charge in [0.1, 0.15) is 5.75 Å². The van der Waals surface area contributed by atoms with Gasteiger partial charge in [-0.05, 0) is 50.0 Å². The van der Waals surface area contributed by atoms with Gasteiger partial charge in [-0.2, -0.15) is 0 Å². The highest BCUT2D eigenvalue weighted by molar-refractivity contribution is 5.28. The molecule has 0 amide bonds. The van der Waals surface area contributed by atoms with Crippen LogP contribution in [0, 0.1) is 0 Å². The van der Waals surface area contributed by atoms with Crippen molar-refractivity contribution >= 4 is 0 Å². The second-order valence-electron chi connectivity index (χ2n) is 4.83. The van der Waals surface area contributed by atoms with Gasteiger partial charge in [0.05, 0.1) is 6.61 Å². The van der Waals surface area contributed by atoms with E-state index >= 15 is 0 Å². The maximum Gasteiger partial charge on any atom is 0.119 e. The first-order valence-electron chi connectivity index (χ1n) is 6.82. The van der Waals surface area contributed by atoms with Crippen molar-refractivity contribution in [1.29, 1.82) is 0 Å². The average molecular weight is 250 g/mol. The van der Waals surface area contributed by atoms with Crippen molar-refractivity contribution in [2.24, 2.45) is 0 Å². The molecular formula is C15H26N2O. The summed E-state index contributed by atoms with van der Waals surface area (Å²) in [4.78, 5) is 2.54. The third-order valence-corrected chi connectivity index (χ3v) is 3.23. The van der Waals surface area contributed by atoms with Crippen LogP contribution in [0.15, 0.2) is 24.3 Å². The Labute approximate surface area is 111 Å². The standard InChI is InChI=1S/C15H23NO.H3N/c1-2-11-17-15-8-6-7-14(12-15)13-16-9-4-3-5-10-16;/h6-8,12H,2-5,9-11,13H2,1H3;1H3. The molecule has 1 aromatic rings. The van der Waals surface area contributed by atoms with Crippen molar-refractivity contribution in [2.45, 2.75) is 39.2 Å². The second-order valence-corrected chi connectivity index (χ2v) is 4.83. The van der Waals surface area contributed by atoms with E-state index in [0.717, 1.165) is 25.3 Å². The number of rotatable bonds is 5. The van der Waals surface area contributed by atoms with Gasteiger partial charge in [-0.25, -0.2) is 0 Å². The Morgan fingerprint density at radius 3 is 2.67 bits per heavy atom. The summed E-state index contributed by atoms with van der Waals surface area (Å²) < 4.78 is 5.67. The van der Waals surface area contributed by atoms with Gasteiger partial charge in [0.2, 0.25) is 0 Å². The first-order chi connectivity index (χ1) is 8.38. The van der Waals surface area contributed by atoms with Crippen molar-refractivity contribution in [2.75, 3.05) is 19.7 Å². The molecule has 0 unspecified atom stereocenters. The van der Waals surface area contributed by atoms with Crippen LogP contribution in [-0.2, 0) is 6.54 Å². The molecule has 0 saturated carbocycles. The van der Waals surface area contributed by atoms with Gasteiger partial charge < -0.3 is 10.9 Å². The zero-order valence-corrected chi connectivity index (χ0v) is 11.5. The fraction of sp³-hybridized carbons (Fsp3) is 0.600. The summed E-state index contributed by atoms with van der Waals surface area (Å²) in [7, 11) is 0. The lowest BCUT2D eigenvalue weighted by molar-refractivity contribution is 0.220. The summed E-state index contributed by atoms with van der Waals surface area (Å²) >= 11 is 0. The first kappa shape index (κ1) is 15.0. The van der Waals surface area contributed by atoms with Crippen LogP contribution >= 0.6 is 0 Å². The fourth-order valence-corrected chi connectivity index (χ4v) is 2.33. The van der Waals surface area contributed by atoms with E-state index < -0.39 is 0 Å². The summed E-state index contributed by atoms with van der Waals surface area (Å²) in [5, 5.41) is 0. The van der Waals surface area contributed by atoms with Gasteiger partial charge in [-0.1, -0.05) is 25.5 Å². The molecule has 102 valence electrons. The number of ether oxygens (including phenoxy) is 1. The normalized spacial score (nSPS) is 16.1. The molecule has 1 aliphatic rings. The smallest absolute Gasteiger partial charge is 0.119 e. The Balaban J connectivity index is 0.00000162. The molecular weight excluding hydrogens is 224 g/mol. The molecule has 0 radical (unpaired) electrons. The topological polar surface area (TPSA) is 47.5 Å². The van der Waals surface area contributed by atoms with Crippen molar-refractivity contribution in [3.63, 3.8) is 0 Å². The maximum absolute atomic E-state index is 5.67. The highest BCUT2D eigenvalue weighted by atomic mass is 16.5. The van der Waals surface area contributed by atoms with Crippen LogP contribution in [-0.4, -0.2) is 24.6 Å². The van der Waals surface area contributed by atoms with E-state index in [1.165, 1.54) is 37.9 Å². The maximum atomic E-state index is 5.67. The Bertz CT molecular complexity index is 335. The van der Waals surface area contributed by atoms with Gasteiger partial charge >= 0.3 is 0 Å². The summed E-state index contributed by atoms with van der Waals surface area (Å²) in [5.74, 6) is 1.02. The zero-order valence-electron chi connectivity index (χ0n) is 11.5. The third kappa shape index (κ3) is 4.67. The zero-order chi connectivity index (χ0) is 11.9. The lowest BCUT2D eigenvalue weighted by Crippen LogP contribution is -2.29. The van der Waals surface area contributed by atoms with Crippen molar-refractivity contribution in [1.82, 2.24) is 11.1 Å². The Kier molecular flexibility index (Phi) is 6.76. The Morgan fingerprint density at radius 1 is 1.17 bits per heavy atom. The van der Waals surface area contributed by atoms with Crippen molar-refractivity contribution in [3.8, 4) is 5.75 Å². The molecule has 18 heavy (non-hydrogen) atoms. The van der Waals surface area contributed by atoms with E-state index in [0.29, 0.717) is 0 Å². The number of benzene rings is 1. The molecule has 0 bridgehead atoms. The average Bonchev–Trinajstić information content (AvgIpc) is 2.38. The monoisotopic (exact) mass is 250 g/mol. The molecule has 2 rings (SSSR count). The lowest BCUT2D eigenvalue weighted by atomic mass is 10.1. The largest absolute Gasteiger partial charge is 0.494 e. The predicted octanol–water partition coefficient (Wildman–Crippen LogP) is 3.62. The first-order valence-corrected chi connectivity index (χ1v) is 6.82. The predicted molar refractivity (Wildman–Crippen MR) is 76.4 cm³/mol. The van der Waals surface area contributed by atoms with E-state index in [9.17, 15) is 0 Å². The van der Waals surface area contributed by atoms with E-state index in [2.05, 4.69) is 36.1 Å². The summed E-state index contributed by atoms with van der Waals surface area (Å²) in [5.41, 5.74) is 1.38. The molecule has 0 aliphatic carbocycles. The van der Waals surface area contributed by atoms with Gasteiger partial charge in [-0.3, -0.25) is 4.90 Å². The molecule has 1 aromatic carbocycles. The molecule has 0 aromatic heterocycles. The number of likely N-dealkylation sites (tertiary alicyclic amines) is 1. The van der Waals surface area contributed by atoms with Gasteiger partial charge in [0.25, 0.3) is 0 Å². The molecule has 3 nitrogen and oxygen atoms in total. The van der Waals surface area contributed by atoms with Crippen LogP contribution in [0.25, 0.3) is 0 Å². The molecule has 1 saturated heterocycles. The summed E-state index contributed by atoms with van der Waals surface area (Å²) in [6.45, 7) is 6.52. The summed E-state index contributed by atoms with van der Waals surface area (Å²) in [6, 6.07) is 8.54. The summed E-state index contributed by atoms with van der Waals surface area (Å²) in [6.07, 6.45) is 5.17. The minimum Gasteiger partial charge on any atom is -0.494 e. The SMILES string of the molecule is CCCOc1cccc(CN2CCCCC2)c1.N. The molecule has 0 atom stereocenters. The molecule has 1 fully saturated rings. The van der Waals surface area contributed by atoms with Crippen LogP contribution in [0.4, 0.5) is 0 Å². The molecule has 0 spiro atoms. The lowest BCUT2D eigenvalue weighted by Gasteiger charge is -2.26. The van der Waals surface area contributed by atoms with E-state index in [1.54, 1.807) is 0 Å². The molecule has 1 aliphatic heterocycles. The third-order valence-electron chi connectivity index (χ3n) is 3.23. The second kappa shape index (κ2) is 8.11. The van der Waals surface area contributed by atoms with Gasteiger partial charge in [-0.15, -0.1) is 0 Å². The number of piperidine rings is 1. The van der Waals surface area contributed by atoms with Crippen LogP contribution in [0.2, 0.25) is 0 Å². The van der Waals surface area contributed by atoms with Crippen molar-refractivity contribution in [3.05, 3.63) is 29.8 Å². The van der Waals surface area contributed by atoms with Gasteiger partial charge in [0, 0.05) is 6.54 Å². The number of hydrogen-bond acceptors (Lipinski definition) is 3. The highest BCUT2D eigenvalue weighted by Crippen LogP contribution is 2.17. The van der Waals surface area contributed by atoms with Gasteiger partial charge in [0.15, 0.2) is 0 Å². The quantitative estimate of drug-likeness (QED) is 0.868. The van der Waals surface area contributed by atoms with Crippen LogP contribution in [0.1, 0.15) is 38.2 Å². The van der Waals surface area contributed by atoms with E-state index in [-0.39, 0.29) is 6.15 Å². The Morgan fingerprint density at radius 2 is 1.94 bits per heavy atom. The molecule has 3 N–H and O–H groups in total. The van der Waals surface area contributed by atoms with Crippen LogP contribution in [0.5, 0.6) is 5.75 Å². The molecule has 3 heteroatoms. The van der Waals surface area contributed by atoms with E-state index in [1.807, 2.05) is 0 Å². The minimum atomic E-state index is 0. The van der Waals surface area contributed by atoms with E-state index in [4.69, 9.17) is 4.74 Å². The number of hydrogen-bond donors (Lipinski definition) is 1. The van der Waals surface area contributed by atoms with Crippen LogP contribution in [0.3, 0.4) is 0 Å². The van der Waals surface area contributed by atoms with Crippen LogP contribution < -0.4 is 10.9 Å². The minimum absolute atomic E-state index is 0. The number of nitrogens with zero attached hydrogens (tertiary/aromatic N) is 1. The highest BCUT2D eigenvalue weighted by Gasteiger charge is 2.10. The van der Waals surface area contributed by atoms with Crippen molar-refractivity contribution < 1.29 is 4.74 Å².